The van der Waals surface area contributed by atoms with Crippen LogP contribution in [0.2, 0.25) is 0 Å². The van der Waals surface area contributed by atoms with Gasteiger partial charge in [0.1, 0.15) is 9.09 Å². The van der Waals surface area contributed by atoms with Crippen LogP contribution in [0, 0.1) is 12.8 Å². The third-order valence-electron chi connectivity index (χ3n) is 3.71. The number of nitrogens with zero attached hydrogens (tertiary/aromatic N) is 1. The van der Waals surface area contributed by atoms with Gasteiger partial charge in [-0.2, -0.15) is 4.31 Å². The van der Waals surface area contributed by atoms with Gasteiger partial charge in [-0.3, -0.25) is 0 Å². The number of aryl methyl sites for hydroxylation is 1. The predicted molar refractivity (Wildman–Crippen MR) is 77.8 cm³/mol. The average Bonchev–Trinajstić information content (AvgIpc) is 2.75. The molecule has 1 saturated heterocycles. The molecular formula is C13H19NO4S2. The van der Waals surface area contributed by atoms with Gasteiger partial charge in [0.2, 0.25) is 0 Å². The highest BCUT2D eigenvalue weighted by molar-refractivity contribution is 7.91. The van der Waals surface area contributed by atoms with E-state index in [9.17, 15) is 13.2 Å². The first-order valence-electron chi connectivity index (χ1n) is 6.59. The largest absolute Gasteiger partial charge is 0.477 e. The first-order valence-corrected chi connectivity index (χ1v) is 8.84. The van der Waals surface area contributed by atoms with Crippen LogP contribution in [0.25, 0.3) is 0 Å². The van der Waals surface area contributed by atoms with Gasteiger partial charge in [0.15, 0.2) is 0 Å². The number of aromatic carboxylic acids is 1. The molecular weight excluding hydrogens is 298 g/mol. The third-order valence-corrected chi connectivity index (χ3v) is 7.37. The van der Waals surface area contributed by atoms with Crippen molar-refractivity contribution < 1.29 is 18.3 Å². The summed E-state index contributed by atoms with van der Waals surface area (Å²) in [6.45, 7) is 6.07. The van der Waals surface area contributed by atoms with Crippen LogP contribution in [0.3, 0.4) is 0 Å². The van der Waals surface area contributed by atoms with Crippen LogP contribution in [-0.4, -0.2) is 36.4 Å². The highest BCUT2D eigenvalue weighted by Crippen LogP contribution is 2.32. The van der Waals surface area contributed by atoms with Crippen LogP contribution >= 0.6 is 11.3 Å². The van der Waals surface area contributed by atoms with E-state index in [-0.39, 0.29) is 15.1 Å². The number of carboxylic acids is 1. The lowest BCUT2D eigenvalue weighted by Gasteiger charge is -2.35. The molecule has 0 amide bonds. The summed E-state index contributed by atoms with van der Waals surface area (Å²) in [6.07, 6.45) is 1.87. The van der Waals surface area contributed by atoms with Crippen LogP contribution in [0.5, 0.6) is 0 Å². The minimum absolute atomic E-state index is 0.0353. The molecule has 1 aliphatic rings. The molecule has 0 bridgehead atoms. The van der Waals surface area contributed by atoms with Crippen LogP contribution in [0.1, 0.15) is 41.9 Å². The summed E-state index contributed by atoms with van der Waals surface area (Å²) in [5.74, 6) is -0.741. The lowest BCUT2D eigenvalue weighted by atomic mass is 9.97. The Kier molecular flexibility index (Phi) is 4.22. The Morgan fingerprint density at radius 1 is 1.40 bits per heavy atom. The number of rotatable bonds is 3. The molecule has 2 unspecified atom stereocenters. The van der Waals surface area contributed by atoms with E-state index in [1.807, 2.05) is 13.8 Å². The van der Waals surface area contributed by atoms with Crippen molar-refractivity contribution in [3.63, 3.8) is 0 Å². The van der Waals surface area contributed by atoms with Crippen molar-refractivity contribution in [2.24, 2.45) is 5.92 Å². The number of hydrogen-bond acceptors (Lipinski definition) is 4. The quantitative estimate of drug-likeness (QED) is 0.929. The molecule has 20 heavy (non-hydrogen) atoms. The summed E-state index contributed by atoms with van der Waals surface area (Å²) >= 11 is 0.842. The summed E-state index contributed by atoms with van der Waals surface area (Å²) in [4.78, 5) is 11.2. The lowest BCUT2D eigenvalue weighted by molar-refractivity contribution is 0.0701. The molecule has 2 heterocycles. The summed E-state index contributed by atoms with van der Waals surface area (Å²) in [5.41, 5.74) is 0.499. The minimum Gasteiger partial charge on any atom is -0.477 e. The maximum Gasteiger partial charge on any atom is 0.346 e. The summed E-state index contributed by atoms with van der Waals surface area (Å²) in [5, 5.41) is 9.05. The highest BCUT2D eigenvalue weighted by Gasteiger charge is 2.35. The average molecular weight is 317 g/mol. The molecule has 2 atom stereocenters. The predicted octanol–water partition coefficient (Wildman–Crippen LogP) is 2.56. The molecule has 112 valence electrons. The fourth-order valence-electron chi connectivity index (χ4n) is 2.49. The zero-order valence-corrected chi connectivity index (χ0v) is 13.4. The molecule has 0 aliphatic carbocycles. The first kappa shape index (κ1) is 15.5. The van der Waals surface area contributed by atoms with E-state index in [0.29, 0.717) is 18.0 Å². The van der Waals surface area contributed by atoms with E-state index in [0.717, 1.165) is 24.2 Å². The maximum atomic E-state index is 12.7. The van der Waals surface area contributed by atoms with Gasteiger partial charge in [0.25, 0.3) is 10.0 Å². The van der Waals surface area contributed by atoms with Crippen LogP contribution in [0.4, 0.5) is 0 Å². The van der Waals surface area contributed by atoms with Gasteiger partial charge in [-0.15, -0.1) is 11.3 Å². The monoisotopic (exact) mass is 317 g/mol. The summed E-state index contributed by atoms with van der Waals surface area (Å²) < 4.78 is 27.0. The molecule has 1 aromatic rings. The molecule has 7 heteroatoms. The second-order valence-corrected chi connectivity index (χ2v) is 8.66. The summed E-state index contributed by atoms with van der Waals surface area (Å²) in [7, 11) is -3.59. The van der Waals surface area contributed by atoms with Gasteiger partial charge in [0, 0.05) is 12.6 Å². The third kappa shape index (κ3) is 2.75. The van der Waals surface area contributed by atoms with E-state index in [1.54, 1.807) is 6.92 Å². The molecule has 5 nitrogen and oxygen atoms in total. The van der Waals surface area contributed by atoms with E-state index < -0.39 is 16.0 Å². The Morgan fingerprint density at radius 3 is 2.60 bits per heavy atom. The minimum atomic E-state index is -3.59. The normalized spacial score (nSPS) is 24.8. The van der Waals surface area contributed by atoms with Crippen LogP contribution < -0.4 is 0 Å². The molecule has 1 aliphatic heterocycles. The Hall–Kier alpha value is -0.920. The Morgan fingerprint density at radius 2 is 2.05 bits per heavy atom. The smallest absolute Gasteiger partial charge is 0.346 e. The van der Waals surface area contributed by atoms with Gasteiger partial charge in [-0.1, -0.05) is 6.92 Å². The van der Waals surface area contributed by atoms with Crippen molar-refractivity contribution in [3.8, 4) is 0 Å². The number of sulfonamides is 1. The number of carboxylic acid groups (broad SMARTS) is 1. The van der Waals surface area contributed by atoms with Crippen molar-refractivity contribution in [3.05, 3.63) is 16.5 Å². The van der Waals surface area contributed by atoms with Crippen molar-refractivity contribution >= 4 is 27.3 Å². The molecule has 1 fully saturated rings. The Balaban J connectivity index is 2.39. The van der Waals surface area contributed by atoms with Crippen molar-refractivity contribution in [1.29, 1.82) is 0 Å². The maximum absolute atomic E-state index is 12.7. The van der Waals surface area contributed by atoms with Crippen molar-refractivity contribution in [1.82, 2.24) is 4.31 Å². The van der Waals surface area contributed by atoms with Gasteiger partial charge < -0.3 is 5.11 Å². The fraction of sp³-hybridized carbons (Fsp3) is 0.615. The zero-order valence-electron chi connectivity index (χ0n) is 11.8. The van der Waals surface area contributed by atoms with Crippen molar-refractivity contribution in [2.45, 2.75) is 43.9 Å². The van der Waals surface area contributed by atoms with Gasteiger partial charge in [-0.25, -0.2) is 13.2 Å². The number of piperidine rings is 1. The second kappa shape index (κ2) is 5.46. The van der Waals surface area contributed by atoms with E-state index in [4.69, 9.17) is 5.11 Å². The van der Waals surface area contributed by atoms with E-state index in [2.05, 4.69) is 0 Å². The number of thiophene rings is 1. The molecule has 1 N–H and O–H groups in total. The van der Waals surface area contributed by atoms with Gasteiger partial charge in [-0.05, 0) is 44.2 Å². The Bertz CT molecular complexity index is 620. The SMILES string of the molecule is Cc1cc(S(=O)(=O)N2CC(C)CCC2C)sc1C(=O)O. The van der Waals surface area contributed by atoms with Gasteiger partial charge >= 0.3 is 5.97 Å². The topological polar surface area (TPSA) is 74.7 Å². The molecule has 2 rings (SSSR count). The molecule has 0 radical (unpaired) electrons. The lowest BCUT2D eigenvalue weighted by Crippen LogP contribution is -2.44. The van der Waals surface area contributed by atoms with Crippen LogP contribution in [-0.2, 0) is 10.0 Å². The fourth-order valence-corrected chi connectivity index (χ4v) is 5.78. The van der Waals surface area contributed by atoms with E-state index in [1.165, 1.54) is 10.4 Å². The summed E-state index contributed by atoms with van der Waals surface area (Å²) in [6, 6.07) is 1.43. The van der Waals surface area contributed by atoms with Crippen LogP contribution in [0.15, 0.2) is 10.3 Å². The zero-order chi connectivity index (χ0) is 15.1. The molecule has 0 saturated carbocycles. The second-order valence-electron chi connectivity index (χ2n) is 5.49. The highest BCUT2D eigenvalue weighted by atomic mass is 32.2. The van der Waals surface area contributed by atoms with Crippen molar-refractivity contribution in [2.75, 3.05) is 6.54 Å². The molecule has 1 aromatic heterocycles. The standard InChI is InChI=1S/C13H19NO4S2/c1-8-4-5-10(3)14(7-8)20(17,18)11-6-9(2)12(19-11)13(15)16/h6,8,10H,4-5,7H2,1-3H3,(H,15,16). The van der Waals surface area contributed by atoms with E-state index >= 15 is 0 Å². The number of carbonyl (C=O) groups is 1. The molecule has 0 spiro atoms. The first-order chi connectivity index (χ1) is 9.23. The van der Waals surface area contributed by atoms with Gasteiger partial charge in [0.05, 0.1) is 0 Å². The number of hydrogen-bond donors (Lipinski definition) is 1. The Labute approximate surface area is 123 Å². The molecule has 0 aromatic carbocycles.